The van der Waals surface area contributed by atoms with Gasteiger partial charge in [0.2, 0.25) is 0 Å². The monoisotopic (exact) mass is 274 g/mol. The summed E-state index contributed by atoms with van der Waals surface area (Å²) in [4.78, 5) is 2.56. The van der Waals surface area contributed by atoms with Gasteiger partial charge in [0.05, 0.1) is 0 Å². The molecular formula is C18H30N2. The van der Waals surface area contributed by atoms with Crippen molar-refractivity contribution in [3.63, 3.8) is 0 Å². The van der Waals surface area contributed by atoms with Gasteiger partial charge in [-0.2, -0.15) is 0 Å². The molecule has 1 saturated heterocycles. The SMILES string of the molecule is CCN1CCC(CNC(C)CCc2ccccc2)CC1. The molecule has 0 bridgehead atoms. The van der Waals surface area contributed by atoms with Crippen LogP contribution in [0.2, 0.25) is 0 Å². The van der Waals surface area contributed by atoms with Gasteiger partial charge in [0.1, 0.15) is 0 Å². The summed E-state index contributed by atoms with van der Waals surface area (Å²) in [5, 5.41) is 3.74. The van der Waals surface area contributed by atoms with E-state index >= 15 is 0 Å². The first kappa shape index (κ1) is 15.5. The van der Waals surface area contributed by atoms with E-state index in [-0.39, 0.29) is 0 Å². The highest BCUT2D eigenvalue weighted by Gasteiger charge is 2.18. The molecule has 0 spiro atoms. The lowest BCUT2D eigenvalue weighted by molar-refractivity contribution is 0.187. The third kappa shape index (κ3) is 5.26. The van der Waals surface area contributed by atoms with Crippen LogP contribution in [0.4, 0.5) is 0 Å². The lowest BCUT2D eigenvalue weighted by Crippen LogP contribution is -2.39. The van der Waals surface area contributed by atoms with Crippen LogP contribution in [0.1, 0.15) is 38.7 Å². The zero-order valence-corrected chi connectivity index (χ0v) is 13.1. The lowest BCUT2D eigenvalue weighted by Gasteiger charge is -2.31. The summed E-state index contributed by atoms with van der Waals surface area (Å²) >= 11 is 0. The van der Waals surface area contributed by atoms with E-state index in [2.05, 4.69) is 54.4 Å². The summed E-state index contributed by atoms with van der Waals surface area (Å²) in [5.74, 6) is 0.886. The first-order chi connectivity index (χ1) is 9.78. The second-order valence-electron chi connectivity index (χ2n) is 6.21. The summed E-state index contributed by atoms with van der Waals surface area (Å²) in [6.07, 6.45) is 5.15. The minimum Gasteiger partial charge on any atom is -0.314 e. The van der Waals surface area contributed by atoms with Gasteiger partial charge >= 0.3 is 0 Å². The van der Waals surface area contributed by atoms with Crippen molar-refractivity contribution in [2.75, 3.05) is 26.2 Å². The second kappa shape index (κ2) is 8.43. The second-order valence-corrected chi connectivity index (χ2v) is 6.21. The number of rotatable bonds is 7. The Morgan fingerprint density at radius 2 is 1.90 bits per heavy atom. The summed E-state index contributed by atoms with van der Waals surface area (Å²) in [6, 6.07) is 11.4. The fourth-order valence-corrected chi connectivity index (χ4v) is 3.00. The zero-order chi connectivity index (χ0) is 14.2. The van der Waals surface area contributed by atoms with Gasteiger partial charge in [-0.3, -0.25) is 0 Å². The molecule has 20 heavy (non-hydrogen) atoms. The van der Waals surface area contributed by atoms with E-state index in [0.717, 1.165) is 5.92 Å². The van der Waals surface area contributed by atoms with E-state index in [1.165, 1.54) is 57.4 Å². The summed E-state index contributed by atoms with van der Waals surface area (Å²) in [5.41, 5.74) is 1.46. The minimum atomic E-state index is 0.624. The van der Waals surface area contributed by atoms with Crippen LogP contribution in [0.3, 0.4) is 0 Å². The van der Waals surface area contributed by atoms with Gasteiger partial charge in [-0.1, -0.05) is 37.3 Å². The molecule has 1 aromatic carbocycles. The molecule has 0 saturated carbocycles. The van der Waals surface area contributed by atoms with Gasteiger partial charge < -0.3 is 10.2 Å². The number of likely N-dealkylation sites (tertiary alicyclic amines) is 1. The highest BCUT2D eigenvalue weighted by Crippen LogP contribution is 2.16. The molecule has 0 amide bonds. The highest BCUT2D eigenvalue weighted by atomic mass is 15.1. The van der Waals surface area contributed by atoms with Crippen molar-refractivity contribution in [2.24, 2.45) is 5.92 Å². The van der Waals surface area contributed by atoms with Crippen molar-refractivity contribution in [1.29, 1.82) is 0 Å². The molecule has 112 valence electrons. The molecule has 1 fully saturated rings. The predicted octanol–water partition coefficient (Wildman–Crippen LogP) is 3.33. The summed E-state index contributed by atoms with van der Waals surface area (Å²) < 4.78 is 0. The number of nitrogens with zero attached hydrogens (tertiary/aromatic N) is 1. The number of hydrogen-bond donors (Lipinski definition) is 1. The van der Waals surface area contributed by atoms with E-state index in [1.54, 1.807) is 0 Å². The van der Waals surface area contributed by atoms with Crippen LogP contribution >= 0.6 is 0 Å². The Labute approximate surface area is 124 Å². The maximum absolute atomic E-state index is 3.74. The standard InChI is InChI=1S/C18H30N2/c1-3-20-13-11-18(12-14-20)15-19-16(2)9-10-17-7-5-4-6-8-17/h4-8,16,18-19H,3,9-15H2,1-2H3. The van der Waals surface area contributed by atoms with Crippen LogP contribution in [0.25, 0.3) is 0 Å². The highest BCUT2D eigenvalue weighted by molar-refractivity contribution is 5.14. The Morgan fingerprint density at radius 3 is 2.55 bits per heavy atom. The van der Waals surface area contributed by atoms with Gasteiger partial charge in [0, 0.05) is 6.04 Å². The summed E-state index contributed by atoms with van der Waals surface area (Å²) in [6.45, 7) is 9.60. The number of benzene rings is 1. The fraction of sp³-hybridized carbons (Fsp3) is 0.667. The van der Waals surface area contributed by atoms with Crippen molar-refractivity contribution in [3.05, 3.63) is 35.9 Å². The Morgan fingerprint density at radius 1 is 1.20 bits per heavy atom. The Balaban J connectivity index is 1.59. The molecule has 0 aromatic heterocycles. The van der Waals surface area contributed by atoms with Crippen molar-refractivity contribution in [1.82, 2.24) is 10.2 Å². The molecule has 2 heteroatoms. The number of hydrogen-bond acceptors (Lipinski definition) is 2. The van der Waals surface area contributed by atoms with Crippen molar-refractivity contribution < 1.29 is 0 Å². The Bertz CT molecular complexity index is 355. The molecule has 1 N–H and O–H groups in total. The smallest absolute Gasteiger partial charge is 0.00420 e. The van der Waals surface area contributed by atoms with Gasteiger partial charge in [-0.25, -0.2) is 0 Å². The molecule has 2 rings (SSSR count). The molecule has 0 aliphatic carbocycles. The number of nitrogens with one attached hydrogen (secondary N) is 1. The maximum Gasteiger partial charge on any atom is 0.00420 e. The van der Waals surface area contributed by atoms with Crippen LogP contribution < -0.4 is 5.32 Å². The molecule has 0 radical (unpaired) electrons. The molecule has 1 heterocycles. The number of aryl methyl sites for hydroxylation is 1. The van der Waals surface area contributed by atoms with E-state index in [9.17, 15) is 0 Å². The average molecular weight is 274 g/mol. The molecule has 1 aliphatic rings. The van der Waals surface area contributed by atoms with Gasteiger partial charge in [-0.05, 0) is 70.3 Å². The van der Waals surface area contributed by atoms with Crippen LogP contribution in [0.15, 0.2) is 30.3 Å². The molecule has 1 aliphatic heterocycles. The molecule has 1 atom stereocenters. The normalized spacial score (nSPS) is 19.1. The molecule has 1 unspecified atom stereocenters. The first-order valence-corrected chi connectivity index (χ1v) is 8.27. The van der Waals surface area contributed by atoms with Crippen molar-refractivity contribution >= 4 is 0 Å². The number of piperidine rings is 1. The topological polar surface area (TPSA) is 15.3 Å². The quantitative estimate of drug-likeness (QED) is 0.820. The first-order valence-electron chi connectivity index (χ1n) is 8.27. The lowest BCUT2D eigenvalue weighted by atomic mass is 9.96. The largest absolute Gasteiger partial charge is 0.314 e. The van der Waals surface area contributed by atoms with Crippen molar-refractivity contribution in [2.45, 2.75) is 45.6 Å². The van der Waals surface area contributed by atoms with E-state index in [0.29, 0.717) is 6.04 Å². The maximum atomic E-state index is 3.74. The third-order valence-corrected chi connectivity index (χ3v) is 4.62. The van der Waals surface area contributed by atoms with Gasteiger partial charge in [0.15, 0.2) is 0 Å². The van der Waals surface area contributed by atoms with Crippen LogP contribution in [-0.2, 0) is 6.42 Å². The average Bonchev–Trinajstić information content (AvgIpc) is 2.52. The molecule has 2 nitrogen and oxygen atoms in total. The van der Waals surface area contributed by atoms with Gasteiger partial charge in [0.25, 0.3) is 0 Å². The molecular weight excluding hydrogens is 244 g/mol. The zero-order valence-electron chi connectivity index (χ0n) is 13.1. The van der Waals surface area contributed by atoms with Crippen molar-refractivity contribution in [3.8, 4) is 0 Å². The fourth-order valence-electron chi connectivity index (χ4n) is 3.00. The molecule has 1 aromatic rings. The van der Waals surface area contributed by atoms with Crippen LogP contribution in [0, 0.1) is 5.92 Å². The van der Waals surface area contributed by atoms with Gasteiger partial charge in [-0.15, -0.1) is 0 Å². The minimum absolute atomic E-state index is 0.624. The van der Waals surface area contributed by atoms with E-state index < -0.39 is 0 Å². The Hall–Kier alpha value is -0.860. The summed E-state index contributed by atoms with van der Waals surface area (Å²) in [7, 11) is 0. The van der Waals surface area contributed by atoms with Crippen LogP contribution in [0.5, 0.6) is 0 Å². The van der Waals surface area contributed by atoms with E-state index in [4.69, 9.17) is 0 Å². The third-order valence-electron chi connectivity index (χ3n) is 4.62. The predicted molar refractivity (Wildman–Crippen MR) is 87.1 cm³/mol. The van der Waals surface area contributed by atoms with E-state index in [1.807, 2.05) is 0 Å². The Kier molecular flexibility index (Phi) is 6.55. The van der Waals surface area contributed by atoms with Crippen LogP contribution in [-0.4, -0.2) is 37.1 Å².